The third-order valence-electron chi connectivity index (χ3n) is 6.06. The van der Waals surface area contributed by atoms with Gasteiger partial charge in [-0.1, -0.05) is 18.2 Å². The SMILES string of the molecule is Cc1nccn1CCCC(=O)N1CCC2(CC1)CN(c1ccccc1)C(=O)CO2. The lowest BCUT2D eigenvalue weighted by atomic mass is 9.88. The summed E-state index contributed by atoms with van der Waals surface area (Å²) in [5.41, 5.74) is 0.558. The van der Waals surface area contributed by atoms with E-state index in [2.05, 4.69) is 9.55 Å². The molecule has 2 aromatic rings. The van der Waals surface area contributed by atoms with Crippen LogP contribution in [0.25, 0.3) is 0 Å². The van der Waals surface area contributed by atoms with Crippen molar-refractivity contribution in [3.63, 3.8) is 0 Å². The van der Waals surface area contributed by atoms with Crippen molar-refractivity contribution in [3.05, 3.63) is 48.5 Å². The Bertz CT molecular complexity index is 856. The molecule has 2 aliphatic rings. The number of piperidine rings is 1. The van der Waals surface area contributed by atoms with Gasteiger partial charge in [-0.15, -0.1) is 0 Å². The second kappa shape index (κ2) is 8.37. The van der Waals surface area contributed by atoms with Crippen LogP contribution in [0, 0.1) is 6.92 Å². The summed E-state index contributed by atoms with van der Waals surface area (Å²) in [5.74, 6) is 1.17. The van der Waals surface area contributed by atoms with Gasteiger partial charge in [-0.2, -0.15) is 0 Å². The van der Waals surface area contributed by atoms with Gasteiger partial charge in [-0.05, 0) is 38.3 Å². The molecule has 2 aliphatic heterocycles. The predicted molar refractivity (Wildman–Crippen MR) is 109 cm³/mol. The van der Waals surface area contributed by atoms with Gasteiger partial charge < -0.3 is 19.1 Å². The van der Waals surface area contributed by atoms with Crippen LogP contribution in [0.15, 0.2) is 42.7 Å². The first-order valence-electron chi connectivity index (χ1n) is 10.3. The molecule has 1 spiro atoms. The summed E-state index contributed by atoms with van der Waals surface area (Å²) in [5, 5.41) is 0. The fraction of sp³-hybridized carbons (Fsp3) is 0.500. The number of anilines is 1. The number of imidazole rings is 1. The molecule has 154 valence electrons. The Labute approximate surface area is 171 Å². The van der Waals surface area contributed by atoms with Crippen molar-refractivity contribution in [1.29, 1.82) is 0 Å². The quantitative estimate of drug-likeness (QED) is 0.778. The summed E-state index contributed by atoms with van der Waals surface area (Å²) in [7, 11) is 0. The van der Waals surface area contributed by atoms with Gasteiger partial charge >= 0.3 is 0 Å². The topological polar surface area (TPSA) is 67.7 Å². The number of morpholine rings is 1. The van der Waals surface area contributed by atoms with E-state index in [1.54, 1.807) is 6.20 Å². The Morgan fingerprint density at radius 3 is 2.66 bits per heavy atom. The van der Waals surface area contributed by atoms with Crippen molar-refractivity contribution in [2.24, 2.45) is 0 Å². The molecular formula is C22H28N4O3. The largest absolute Gasteiger partial charge is 0.363 e. The van der Waals surface area contributed by atoms with Crippen LogP contribution in [0.5, 0.6) is 0 Å². The average molecular weight is 396 g/mol. The maximum atomic E-state index is 12.6. The number of aromatic nitrogens is 2. The highest BCUT2D eigenvalue weighted by Gasteiger charge is 2.43. The summed E-state index contributed by atoms with van der Waals surface area (Å²) in [6.07, 6.45) is 6.61. The number of hydrogen-bond acceptors (Lipinski definition) is 4. The predicted octanol–water partition coefficient (Wildman–Crippen LogP) is 2.40. The zero-order valence-electron chi connectivity index (χ0n) is 16.9. The molecule has 0 radical (unpaired) electrons. The molecule has 2 saturated heterocycles. The summed E-state index contributed by atoms with van der Waals surface area (Å²) < 4.78 is 8.08. The Balaban J connectivity index is 1.29. The van der Waals surface area contributed by atoms with Gasteiger partial charge in [0.2, 0.25) is 5.91 Å². The highest BCUT2D eigenvalue weighted by molar-refractivity contribution is 5.95. The second-order valence-corrected chi connectivity index (χ2v) is 7.94. The van der Waals surface area contributed by atoms with Gasteiger partial charge in [0.05, 0.1) is 12.1 Å². The molecule has 0 bridgehead atoms. The summed E-state index contributed by atoms with van der Waals surface area (Å²) >= 11 is 0. The van der Waals surface area contributed by atoms with Crippen LogP contribution in [0.4, 0.5) is 5.69 Å². The zero-order chi connectivity index (χ0) is 20.3. The van der Waals surface area contributed by atoms with Gasteiger partial charge in [0, 0.05) is 44.1 Å². The standard InChI is InChI=1S/C22H28N4O3/c1-18-23-11-15-24(18)12-5-8-20(27)25-13-9-22(10-14-25)17-26(21(28)16-29-22)19-6-3-2-4-7-19/h2-4,6-7,11,15H,5,8-10,12-14,16-17H2,1H3. The highest BCUT2D eigenvalue weighted by Crippen LogP contribution is 2.33. The van der Waals surface area contributed by atoms with Crippen molar-refractivity contribution in [1.82, 2.24) is 14.5 Å². The van der Waals surface area contributed by atoms with Crippen molar-refractivity contribution in [3.8, 4) is 0 Å². The average Bonchev–Trinajstić information content (AvgIpc) is 3.16. The number of para-hydroxylation sites is 1. The van der Waals surface area contributed by atoms with Crippen molar-refractivity contribution >= 4 is 17.5 Å². The molecule has 0 aliphatic carbocycles. The number of carbonyl (C=O) groups is 2. The van der Waals surface area contributed by atoms with E-state index in [1.807, 2.05) is 53.3 Å². The first-order chi connectivity index (χ1) is 14.1. The number of hydrogen-bond donors (Lipinski definition) is 0. The summed E-state index contributed by atoms with van der Waals surface area (Å²) in [6.45, 7) is 4.80. The third kappa shape index (κ3) is 4.34. The Kier molecular flexibility index (Phi) is 5.67. The minimum Gasteiger partial charge on any atom is -0.363 e. The molecule has 2 amide bonds. The number of amides is 2. The molecule has 0 N–H and O–H groups in total. The molecule has 1 aromatic heterocycles. The first-order valence-corrected chi connectivity index (χ1v) is 10.3. The number of rotatable bonds is 5. The van der Waals surface area contributed by atoms with Gasteiger partial charge in [0.15, 0.2) is 0 Å². The van der Waals surface area contributed by atoms with Crippen LogP contribution >= 0.6 is 0 Å². The van der Waals surface area contributed by atoms with Crippen LogP contribution < -0.4 is 4.90 Å². The molecule has 3 heterocycles. The molecule has 7 heteroatoms. The Hall–Kier alpha value is -2.67. The number of nitrogens with zero attached hydrogens (tertiary/aromatic N) is 4. The van der Waals surface area contributed by atoms with Gasteiger partial charge in [0.1, 0.15) is 12.4 Å². The summed E-state index contributed by atoms with van der Waals surface area (Å²) in [6, 6.07) is 9.74. The van der Waals surface area contributed by atoms with Crippen LogP contribution in [-0.4, -0.2) is 58.1 Å². The molecule has 2 fully saturated rings. The van der Waals surface area contributed by atoms with E-state index in [4.69, 9.17) is 4.74 Å². The number of aryl methyl sites for hydroxylation is 2. The second-order valence-electron chi connectivity index (χ2n) is 7.94. The minimum atomic E-state index is -0.353. The lowest BCUT2D eigenvalue weighted by Gasteiger charge is -2.47. The van der Waals surface area contributed by atoms with E-state index in [-0.39, 0.29) is 24.0 Å². The van der Waals surface area contributed by atoms with E-state index in [9.17, 15) is 9.59 Å². The summed E-state index contributed by atoms with van der Waals surface area (Å²) in [4.78, 5) is 33.0. The van der Waals surface area contributed by atoms with E-state index < -0.39 is 0 Å². The maximum absolute atomic E-state index is 12.6. The maximum Gasteiger partial charge on any atom is 0.253 e. The highest BCUT2D eigenvalue weighted by atomic mass is 16.5. The zero-order valence-corrected chi connectivity index (χ0v) is 16.9. The Morgan fingerprint density at radius 1 is 1.21 bits per heavy atom. The van der Waals surface area contributed by atoms with Crippen LogP contribution in [-0.2, 0) is 20.9 Å². The molecule has 4 rings (SSSR count). The van der Waals surface area contributed by atoms with Gasteiger partial charge in [-0.3, -0.25) is 9.59 Å². The fourth-order valence-corrected chi connectivity index (χ4v) is 4.22. The normalized spacial score (nSPS) is 19.0. The molecule has 1 aromatic carbocycles. The van der Waals surface area contributed by atoms with Gasteiger partial charge in [0.25, 0.3) is 5.91 Å². The lowest BCUT2D eigenvalue weighted by molar-refractivity contribution is -0.150. The number of carbonyl (C=O) groups excluding carboxylic acids is 2. The number of benzene rings is 1. The van der Waals surface area contributed by atoms with Crippen molar-refractivity contribution in [2.45, 2.75) is 44.8 Å². The molecule has 29 heavy (non-hydrogen) atoms. The van der Waals surface area contributed by atoms with E-state index in [0.717, 1.165) is 37.3 Å². The molecule has 0 atom stereocenters. The lowest BCUT2D eigenvalue weighted by Crippen LogP contribution is -2.59. The molecular weight excluding hydrogens is 368 g/mol. The fourth-order valence-electron chi connectivity index (χ4n) is 4.22. The van der Waals surface area contributed by atoms with Crippen LogP contribution in [0.2, 0.25) is 0 Å². The van der Waals surface area contributed by atoms with Gasteiger partial charge in [-0.25, -0.2) is 4.98 Å². The first kappa shape index (κ1) is 19.6. The minimum absolute atomic E-state index is 0.00451. The van der Waals surface area contributed by atoms with E-state index >= 15 is 0 Å². The van der Waals surface area contributed by atoms with Crippen molar-refractivity contribution in [2.75, 3.05) is 31.1 Å². The molecule has 0 unspecified atom stereocenters. The number of ether oxygens (including phenoxy) is 1. The van der Waals surface area contributed by atoms with Crippen molar-refractivity contribution < 1.29 is 14.3 Å². The number of likely N-dealkylation sites (tertiary alicyclic amines) is 1. The molecule has 0 saturated carbocycles. The monoisotopic (exact) mass is 396 g/mol. The molecule has 7 nitrogen and oxygen atoms in total. The smallest absolute Gasteiger partial charge is 0.253 e. The third-order valence-corrected chi connectivity index (χ3v) is 6.06. The van der Waals surface area contributed by atoms with E-state index in [1.165, 1.54) is 0 Å². The Morgan fingerprint density at radius 2 is 1.97 bits per heavy atom. The van der Waals surface area contributed by atoms with Crippen LogP contribution in [0.1, 0.15) is 31.5 Å². The van der Waals surface area contributed by atoms with Crippen LogP contribution in [0.3, 0.4) is 0 Å². The van der Waals surface area contributed by atoms with E-state index in [0.29, 0.717) is 26.1 Å².